The third kappa shape index (κ3) is 0.959. The van der Waals surface area contributed by atoms with E-state index in [2.05, 4.69) is 0 Å². The van der Waals surface area contributed by atoms with Gasteiger partial charge in [-0.25, -0.2) is 0 Å². The molecule has 12 heavy (non-hydrogen) atoms. The second kappa shape index (κ2) is 2.22. The van der Waals surface area contributed by atoms with Crippen molar-refractivity contribution < 1.29 is 0 Å². The van der Waals surface area contributed by atoms with Crippen LogP contribution in [0.1, 0.15) is 38.5 Å². The monoisotopic (exact) mass is 167 g/mol. The summed E-state index contributed by atoms with van der Waals surface area (Å²) >= 11 is 0. The van der Waals surface area contributed by atoms with Crippen LogP contribution in [0.3, 0.4) is 0 Å². The summed E-state index contributed by atoms with van der Waals surface area (Å²) in [7, 11) is 0. The Morgan fingerprint density at radius 1 is 1.00 bits per heavy atom. The van der Waals surface area contributed by atoms with Crippen molar-refractivity contribution >= 4 is 5.84 Å². The van der Waals surface area contributed by atoms with E-state index in [9.17, 15) is 0 Å². The Balaban J connectivity index is 2.20. The van der Waals surface area contributed by atoms with Crippen LogP contribution in [0.2, 0.25) is 0 Å². The third-order valence-electron chi connectivity index (χ3n) is 3.88. The lowest BCUT2D eigenvalue weighted by Gasteiger charge is -2.51. The molecule has 0 aromatic carbocycles. The van der Waals surface area contributed by atoms with Crippen molar-refractivity contribution in [3.8, 4) is 0 Å². The Hall–Kier alpha value is -0.570. The molecule has 0 heterocycles. The highest BCUT2D eigenvalue weighted by Gasteiger charge is 2.48. The van der Waals surface area contributed by atoms with E-state index in [0.29, 0.717) is 5.84 Å². The average Bonchev–Trinajstić information content (AvgIpc) is 2.06. The van der Waals surface area contributed by atoms with Crippen molar-refractivity contribution in [2.24, 2.45) is 16.9 Å². The van der Waals surface area contributed by atoms with Gasteiger partial charge in [-0.3, -0.25) is 5.41 Å². The van der Waals surface area contributed by atoms with Crippen molar-refractivity contribution in [1.82, 2.24) is 0 Å². The Kier molecular flexibility index (Phi) is 1.49. The number of amidine groups is 1. The maximum atomic E-state index is 7.56. The van der Waals surface area contributed by atoms with Gasteiger partial charge in [0.05, 0.1) is 5.84 Å². The van der Waals surface area contributed by atoms with Gasteiger partial charge in [-0.05, 0) is 38.5 Å². The van der Waals surface area contributed by atoms with Crippen LogP contribution in [0, 0.1) is 10.8 Å². The lowest BCUT2D eigenvalue weighted by atomic mass is 9.57. The number of rotatable bonds is 1. The number of hydrogen-bond acceptors (Lipinski definition) is 2. The van der Waals surface area contributed by atoms with Gasteiger partial charge in [0.15, 0.2) is 0 Å². The largest absolute Gasteiger partial charge is 0.387 e. The van der Waals surface area contributed by atoms with Gasteiger partial charge < -0.3 is 11.5 Å². The van der Waals surface area contributed by atoms with E-state index < -0.39 is 0 Å². The lowest BCUT2D eigenvalue weighted by molar-refractivity contribution is 0.0980. The van der Waals surface area contributed by atoms with E-state index in [1.165, 1.54) is 0 Å². The van der Waals surface area contributed by atoms with Gasteiger partial charge in [0.1, 0.15) is 0 Å². The molecule has 0 aromatic rings. The van der Waals surface area contributed by atoms with Crippen LogP contribution < -0.4 is 11.5 Å². The van der Waals surface area contributed by atoms with Crippen molar-refractivity contribution in [3.05, 3.63) is 0 Å². The third-order valence-corrected chi connectivity index (χ3v) is 3.88. The molecule has 0 atom stereocenters. The molecular weight excluding hydrogens is 150 g/mol. The normalized spacial score (nSPS) is 46.1. The molecule has 0 saturated heterocycles. The minimum atomic E-state index is 0.0428. The summed E-state index contributed by atoms with van der Waals surface area (Å²) < 4.78 is 0. The van der Waals surface area contributed by atoms with Crippen LogP contribution in [0.25, 0.3) is 0 Å². The molecule has 3 fully saturated rings. The molecule has 3 nitrogen and oxygen atoms in total. The standard InChI is InChI=1S/C9H17N3/c10-7(11)8-1-4-9(12,5-2-8)6-3-8/h1-6,12H2,(H3,10,11). The summed E-state index contributed by atoms with van der Waals surface area (Å²) in [4.78, 5) is 0. The SMILES string of the molecule is N=C(N)C12CCC(N)(CC1)CC2. The van der Waals surface area contributed by atoms with Gasteiger partial charge in [0, 0.05) is 11.0 Å². The first kappa shape index (κ1) is 8.05. The smallest absolute Gasteiger partial charge is 0.0968 e. The number of hydrogen-bond donors (Lipinski definition) is 3. The molecule has 3 aliphatic carbocycles. The van der Waals surface area contributed by atoms with Gasteiger partial charge in [0.25, 0.3) is 0 Å². The van der Waals surface area contributed by atoms with Crippen LogP contribution in [0.4, 0.5) is 0 Å². The molecule has 0 spiro atoms. The van der Waals surface area contributed by atoms with Crippen LogP contribution >= 0.6 is 0 Å². The van der Waals surface area contributed by atoms with Gasteiger partial charge >= 0.3 is 0 Å². The summed E-state index contributed by atoms with van der Waals surface area (Å²) in [5, 5.41) is 7.56. The maximum absolute atomic E-state index is 7.56. The maximum Gasteiger partial charge on any atom is 0.0968 e. The minimum absolute atomic E-state index is 0.0428. The molecule has 3 aliphatic rings. The molecule has 3 saturated carbocycles. The topological polar surface area (TPSA) is 75.9 Å². The molecule has 0 unspecified atom stereocenters. The molecule has 0 amide bonds. The molecule has 5 N–H and O–H groups in total. The average molecular weight is 167 g/mol. The molecule has 68 valence electrons. The highest BCUT2D eigenvalue weighted by atomic mass is 14.8. The summed E-state index contributed by atoms with van der Waals surface area (Å²) in [6.07, 6.45) is 6.31. The van der Waals surface area contributed by atoms with E-state index in [1.807, 2.05) is 0 Å². The van der Waals surface area contributed by atoms with E-state index >= 15 is 0 Å². The zero-order valence-corrected chi connectivity index (χ0v) is 7.40. The quantitative estimate of drug-likeness (QED) is 0.402. The summed E-state index contributed by atoms with van der Waals surface area (Å²) in [6, 6.07) is 0. The van der Waals surface area contributed by atoms with Crippen molar-refractivity contribution in [2.75, 3.05) is 0 Å². The van der Waals surface area contributed by atoms with Gasteiger partial charge in [-0.1, -0.05) is 0 Å². The zero-order chi connectivity index (χ0) is 8.82. The van der Waals surface area contributed by atoms with Crippen LogP contribution in [-0.2, 0) is 0 Å². The predicted molar refractivity (Wildman–Crippen MR) is 49.0 cm³/mol. The zero-order valence-electron chi connectivity index (χ0n) is 7.40. The molecule has 3 rings (SSSR count). The fourth-order valence-electron chi connectivity index (χ4n) is 2.62. The molecule has 2 bridgehead atoms. The second-order valence-electron chi connectivity index (χ2n) is 4.56. The first-order valence-corrected chi connectivity index (χ1v) is 4.70. The second-order valence-corrected chi connectivity index (χ2v) is 4.56. The molecule has 0 aliphatic heterocycles. The minimum Gasteiger partial charge on any atom is -0.387 e. The van der Waals surface area contributed by atoms with Crippen LogP contribution in [0.5, 0.6) is 0 Å². The Morgan fingerprint density at radius 3 is 1.75 bits per heavy atom. The Bertz CT molecular complexity index is 197. The van der Waals surface area contributed by atoms with Gasteiger partial charge in [-0.15, -0.1) is 0 Å². The summed E-state index contributed by atoms with van der Waals surface area (Å²) in [6.45, 7) is 0. The van der Waals surface area contributed by atoms with E-state index in [-0.39, 0.29) is 11.0 Å². The van der Waals surface area contributed by atoms with Crippen LogP contribution in [0.15, 0.2) is 0 Å². The summed E-state index contributed by atoms with van der Waals surface area (Å²) in [5.41, 5.74) is 11.9. The number of fused-ring (bicyclic) bond motifs is 3. The molecule has 3 heteroatoms. The van der Waals surface area contributed by atoms with Crippen LogP contribution in [-0.4, -0.2) is 11.4 Å². The number of nitrogens with two attached hydrogens (primary N) is 2. The van der Waals surface area contributed by atoms with Crippen molar-refractivity contribution in [1.29, 1.82) is 5.41 Å². The van der Waals surface area contributed by atoms with Crippen molar-refractivity contribution in [2.45, 2.75) is 44.1 Å². The first-order chi connectivity index (χ1) is 5.56. The number of nitrogens with one attached hydrogen (secondary N) is 1. The van der Waals surface area contributed by atoms with Gasteiger partial charge in [-0.2, -0.15) is 0 Å². The molecular formula is C9H17N3. The van der Waals surface area contributed by atoms with E-state index in [4.69, 9.17) is 16.9 Å². The van der Waals surface area contributed by atoms with Crippen molar-refractivity contribution in [3.63, 3.8) is 0 Å². The van der Waals surface area contributed by atoms with E-state index in [1.54, 1.807) is 0 Å². The summed E-state index contributed by atoms with van der Waals surface area (Å²) in [5.74, 6) is 0.393. The fraction of sp³-hybridized carbons (Fsp3) is 0.889. The lowest BCUT2D eigenvalue weighted by Crippen LogP contribution is -2.55. The van der Waals surface area contributed by atoms with E-state index in [0.717, 1.165) is 38.5 Å². The van der Waals surface area contributed by atoms with Gasteiger partial charge in [0.2, 0.25) is 0 Å². The Morgan fingerprint density at radius 2 is 1.42 bits per heavy atom. The fourth-order valence-corrected chi connectivity index (χ4v) is 2.62. The highest BCUT2D eigenvalue weighted by molar-refractivity contribution is 5.84. The first-order valence-electron chi connectivity index (χ1n) is 4.70. The molecule has 0 aromatic heterocycles. The molecule has 0 radical (unpaired) electrons. The highest BCUT2D eigenvalue weighted by Crippen LogP contribution is 2.50. The Labute approximate surface area is 73.0 Å². The predicted octanol–water partition coefficient (Wildman–Crippen LogP) is 0.974.